The molecular formula is C22H17BO2. The smallest absolute Gasteiger partial charge is 0.423 e. The first-order valence-electron chi connectivity index (χ1n) is 8.28. The van der Waals surface area contributed by atoms with Crippen LogP contribution in [0.25, 0.3) is 33.0 Å². The third-order valence-corrected chi connectivity index (χ3v) is 4.52. The number of rotatable bonds is 3. The molecular weight excluding hydrogens is 307 g/mol. The molecule has 0 heterocycles. The molecule has 0 saturated heterocycles. The van der Waals surface area contributed by atoms with Crippen LogP contribution in [-0.2, 0) is 0 Å². The lowest BCUT2D eigenvalue weighted by Crippen LogP contribution is -2.31. The lowest BCUT2D eigenvalue weighted by molar-refractivity contribution is 0.426. The molecule has 0 amide bonds. The fourth-order valence-corrected chi connectivity index (χ4v) is 3.30. The van der Waals surface area contributed by atoms with Crippen LogP contribution in [0.4, 0.5) is 0 Å². The van der Waals surface area contributed by atoms with E-state index in [1.54, 1.807) is 0 Å². The molecule has 4 rings (SSSR count). The van der Waals surface area contributed by atoms with Gasteiger partial charge in [-0.2, -0.15) is 0 Å². The zero-order chi connectivity index (χ0) is 17.2. The van der Waals surface area contributed by atoms with Gasteiger partial charge < -0.3 is 10.0 Å². The lowest BCUT2D eigenvalue weighted by Gasteiger charge is -2.13. The predicted molar refractivity (Wildman–Crippen MR) is 105 cm³/mol. The molecule has 0 saturated carbocycles. The Morgan fingerprint density at radius 3 is 2.08 bits per heavy atom. The zero-order valence-corrected chi connectivity index (χ0v) is 13.6. The first-order valence-corrected chi connectivity index (χ1v) is 8.28. The standard InChI is InChI=1S/C22H17BO2/c24-23(25)22-15-18(13-14-21(22)17-7-2-1-3-8-17)20-12-6-10-16-9-4-5-11-19(16)20/h1-15,24-25H. The maximum Gasteiger partial charge on any atom is 0.489 e. The van der Waals surface area contributed by atoms with Gasteiger partial charge in [0.25, 0.3) is 0 Å². The summed E-state index contributed by atoms with van der Waals surface area (Å²) in [6.07, 6.45) is 0. The Bertz CT molecular complexity index is 1020. The molecule has 4 aromatic rings. The van der Waals surface area contributed by atoms with Gasteiger partial charge in [-0.25, -0.2) is 0 Å². The summed E-state index contributed by atoms with van der Waals surface area (Å²) in [7, 11) is -1.52. The van der Waals surface area contributed by atoms with Crippen LogP contribution in [-0.4, -0.2) is 17.2 Å². The van der Waals surface area contributed by atoms with Crippen molar-refractivity contribution in [3.05, 3.63) is 91.0 Å². The molecule has 0 atom stereocenters. The van der Waals surface area contributed by atoms with Crippen LogP contribution in [0.3, 0.4) is 0 Å². The van der Waals surface area contributed by atoms with Gasteiger partial charge >= 0.3 is 7.12 Å². The topological polar surface area (TPSA) is 40.5 Å². The zero-order valence-electron chi connectivity index (χ0n) is 13.6. The molecule has 3 heteroatoms. The van der Waals surface area contributed by atoms with Crippen molar-refractivity contribution in [3.8, 4) is 22.3 Å². The highest BCUT2D eigenvalue weighted by Crippen LogP contribution is 2.29. The highest BCUT2D eigenvalue weighted by atomic mass is 16.4. The summed E-state index contributed by atoms with van der Waals surface area (Å²) in [4.78, 5) is 0. The van der Waals surface area contributed by atoms with Gasteiger partial charge in [0.1, 0.15) is 0 Å². The maximum absolute atomic E-state index is 9.91. The number of hydrogen-bond acceptors (Lipinski definition) is 2. The molecule has 120 valence electrons. The van der Waals surface area contributed by atoms with Crippen LogP contribution in [0.1, 0.15) is 0 Å². The quantitative estimate of drug-likeness (QED) is 0.562. The van der Waals surface area contributed by atoms with Crippen LogP contribution in [0, 0.1) is 0 Å². The van der Waals surface area contributed by atoms with E-state index in [2.05, 4.69) is 24.3 Å². The van der Waals surface area contributed by atoms with E-state index >= 15 is 0 Å². The average molecular weight is 324 g/mol. The Hall–Kier alpha value is -2.88. The summed E-state index contributed by atoms with van der Waals surface area (Å²) >= 11 is 0. The Morgan fingerprint density at radius 2 is 1.28 bits per heavy atom. The van der Waals surface area contributed by atoms with Crippen LogP contribution in [0.2, 0.25) is 0 Å². The molecule has 0 aliphatic rings. The van der Waals surface area contributed by atoms with Crippen molar-refractivity contribution in [2.45, 2.75) is 0 Å². The monoisotopic (exact) mass is 324 g/mol. The minimum absolute atomic E-state index is 0.511. The van der Waals surface area contributed by atoms with Crippen molar-refractivity contribution in [2.75, 3.05) is 0 Å². The fraction of sp³-hybridized carbons (Fsp3) is 0. The summed E-state index contributed by atoms with van der Waals surface area (Å²) in [6.45, 7) is 0. The van der Waals surface area contributed by atoms with Crippen molar-refractivity contribution in [3.63, 3.8) is 0 Å². The van der Waals surface area contributed by atoms with E-state index in [0.717, 1.165) is 27.6 Å². The number of benzene rings is 4. The third kappa shape index (κ3) is 2.96. The van der Waals surface area contributed by atoms with E-state index in [1.165, 1.54) is 5.39 Å². The van der Waals surface area contributed by atoms with Crippen LogP contribution in [0.5, 0.6) is 0 Å². The number of hydrogen-bond donors (Lipinski definition) is 2. The summed E-state index contributed by atoms with van der Waals surface area (Å²) in [5, 5.41) is 22.1. The van der Waals surface area contributed by atoms with E-state index in [4.69, 9.17) is 0 Å². The Balaban J connectivity index is 1.91. The van der Waals surface area contributed by atoms with E-state index in [1.807, 2.05) is 66.7 Å². The van der Waals surface area contributed by atoms with Gasteiger partial charge in [-0.3, -0.25) is 0 Å². The molecule has 0 radical (unpaired) electrons. The molecule has 0 aliphatic carbocycles. The van der Waals surface area contributed by atoms with Crippen LogP contribution < -0.4 is 5.46 Å². The summed E-state index contributed by atoms with van der Waals surface area (Å²) in [5.74, 6) is 0. The summed E-state index contributed by atoms with van der Waals surface area (Å²) < 4.78 is 0. The van der Waals surface area contributed by atoms with Crippen molar-refractivity contribution in [2.24, 2.45) is 0 Å². The van der Waals surface area contributed by atoms with Crippen molar-refractivity contribution in [1.29, 1.82) is 0 Å². The van der Waals surface area contributed by atoms with E-state index in [9.17, 15) is 10.0 Å². The SMILES string of the molecule is OB(O)c1cc(-c2cccc3ccccc23)ccc1-c1ccccc1. The van der Waals surface area contributed by atoms with Gasteiger partial charge in [-0.05, 0) is 38.5 Å². The van der Waals surface area contributed by atoms with Crippen molar-refractivity contribution in [1.82, 2.24) is 0 Å². The normalized spacial score (nSPS) is 10.8. The molecule has 0 aromatic heterocycles. The predicted octanol–water partition coefficient (Wildman–Crippen LogP) is 3.85. The maximum atomic E-state index is 9.91. The van der Waals surface area contributed by atoms with Gasteiger partial charge in [-0.15, -0.1) is 0 Å². The van der Waals surface area contributed by atoms with Gasteiger partial charge in [0.2, 0.25) is 0 Å². The van der Waals surface area contributed by atoms with E-state index in [-0.39, 0.29) is 0 Å². The fourth-order valence-electron chi connectivity index (χ4n) is 3.30. The molecule has 4 aromatic carbocycles. The Labute approximate surface area is 147 Å². The van der Waals surface area contributed by atoms with Crippen LogP contribution in [0.15, 0.2) is 91.0 Å². The largest absolute Gasteiger partial charge is 0.489 e. The van der Waals surface area contributed by atoms with Gasteiger partial charge in [0.05, 0.1) is 0 Å². The third-order valence-electron chi connectivity index (χ3n) is 4.52. The number of fused-ring (bicyclic) bond motifs is 1. The Kier molecular flexibility index (Phi) is 4.10. The minimum Gasteiger partial charge on any atom is -0.423 e. The van der Waals surface area contributed by atoms with Gasteiger partial charge in [0.15, 0.2) is 0 Å². The van der Waals surface area contributed by atoms with Gasteiger partial charge in [-0.1, -0.05) is 91.0 Å². The van der Waals surface area contributed by atoms with E-state index in [0.29, 0.717) is 5.46 Å². The second-order valence-corrected chi connectivity index (χ2v) is 6.07. The molecule has 0 unspecified atom stereocenters. The lowest BCUT2D eigenvalue weighted by atomic mass is 9.74. The summed E-state index contributed by atoms with van der Waals surface area (Å²) in [6, 6.07) is 30.0. The second-order valence-electron chi connectivity index (χ2n) is 6.07. The molecule has 0 spiro atoms. The summed E-state index contributed by atoms with van der Waals surface area (Å²) in [5.41, 5.74) is 4.37. The highest BCUT2D eigenvalue weighted by Gasteiger charge is 2.18. The molecule has 0 bridgehead atoms. The molecule has 2 N–H and O–H groups in total. The Morgan fingerprint density at radius 1 is 0.560 bits per heavy atom. The first-order chi connectivity index (χ1) is 12.2. The molecule has 2 nitrogen and oxygen atoms in total. The minimum atomic E-state index is -1.52. The van der Waals surface area contributed by atoms with Gasteiger partial charge in [0, 0.05) is 0 Å². The average Bonchev–Trinajstić information content (AvgIpc) is 2.68. The molecule has 25 heavy (non-hydrogen) atoms. The van der Waals surface area contributed by atoms with E-state index < -0.39 is 7.12 Å². The second kappa shape index (κ2) is 6.56. The van der Waals surface area contributed by atoms with Crippen molar-refractivity contribution >= 4 is 23.4 Å². The van der Waals surface area contributed by atoms with Crippen molar-refractivity contribution < 1.29 is 10.0 Å². The highest BCUT2D eigenvalue weighted by molar-refractivity contribution is 6.60. The van der Waals surface area contributed by atoms with Crippen LogP contribution >= 0.6 is 0 Å². The molecule has 0 fully saturated rings. The molecule has 0 aliphatic heterocycles. The first kappa shape index (κ1) is 15.6.